The van der Waals surface area contributed by atoms with E-state index in [-0.39, 0.29) is 0 Å². The molecule has 0 heterocycles. The first-order valence-electron chi connectivity index (χ1n) is 5.94. The molecule has 0 N–H and O–H groups in total. The SMILES string of the molecule is CCc1ccccc1OCCCC(C)C. The van der Waals surface area contributed by atoms with Crippen molar-refractivity contribution in [3.05, 3.63) is 29.8 Å². The van der Waals surface area contributed by atoms with E-state index in [1.54, 1.807) is 0 Å². The molecule has 0 bridgehead atoms. The van der Waals surface area contributed by atoms with Crippen LogP contribution in [0, 0.1) is 5.92 Å². The summed E-state index contributed by atoms with van der Waals surface area (Å²) >= 11 is 0. The van der Waals surface area contributed by atoms with Crippen LogP contribution in [0.2, 0.25) is 0 Å². The van der Waals surface area contributed by atoms with Crippen molar-refractivity contribution in [2.45, 2.75) is 40.0 Å². The molecular weight excluding hydrogens is 184 g/mol. The number of benzene rings is 1. The Balaban J connectivity index is 2.36. The molecule has 0 radical (unpaired) electrons. The van der Waals surface area contributed by atoms with E-state index < -0.39 is 0 Å². The van der Waals surface area contributed by atoms with Gasteiger partial charge in [-0.2, -0.15) is 0 Å². The largest absolute Gasteiger partial charge is 0.493 e. The van der Waals surface area contributed by atoms with Crippen LogP contribution in [0.15, 0.2) is 24.3 Å². The molecule has 0 unspecified atom stereocenters. The fourth-order valence-corrected chi connectivity index (χ4v) is 1.61. The molecule has 1 nitrogen and oxygen atoms in total. The monoisotopic (exact) mass is 206 g/mol. The molecular formula is C14H22O. The lowest BCUT2D eigenvalue weighted by Gasteiger charge is -2.10. The molecule has 1 heteroatoms. The van der Waals surface area contributed by atoms with Crippen LogP contribution in [0.1, 0.15) is 39.2 Å². The standard InChI is InChI=1S/C14H22O/c1-4-13-9-5-6-10-14(13)15-11-7-8-12(2)3/h5-6,9-10,12H,4,7-8,11H2,1-3H3. The summed E-state index contributed by atoms with van der Waals surface area (Å²) in [4.78, 5) is 0. The molecule has 0 spiro atoms. The third-order valence-electron chi connectivity index (χ3n) is 2.54. The van der Waals surface area contributed by atoms with Crippen molar-refractivity contribution in [3.63, 3.8) is 0 Å². The minimum atomic E-state index is 0.773. The number of aryl methyl sites for hydroxylation is 1. The highest BCUT2D eigenvalue weighted by molar-refractivity contribution is 5.33. The predicted octanol–water partition coefficient (Wildman–Crippen LogP) is 4.06. The maximum absolute atomic E-state index is 5.78. The van der Waals surface area contributed by atoms with E-state index in [1.165, 1.54) is 12.0 Å². The molecule has 1 aromatic rings. The molecule has 0 aromatic heterocycles. The van der Waals surface area contributed by atoms with E-state index in [2.05, 4.69) is 39.0 Å². The van der Waals surface area contributed by atoms with Gasteiger partial charge in [0.15, 0.2) is 0 Å². The highest BCUT2D eigenvalue weighted by atomic mass is 16.5. The first kappa shape index (κ1) is 12.1. The lowest BCUT2D eigenvalue weighted by atomic mass is 10.1. The molecule has 0 aliphatic rings. The van der Waals surface area contributed by atoms with Crippen molar-refractivity contribution in [2.24, 2.45) is 5.92 Å². The highest BCUT2D eigenvalue weighted by Gasteiger charge is 2.00. The first-order chi connectivity index (χ1) is 7.24. The number of ether oxygens (including phenoxy) is 1. The Morgan fingerprint density at radius 1 is 1.20 bits per heavy atom. The van der Waals surface area contributed by atoms with Crippen molar-refractivity contribution in [1.29, 1.82) is 0 Å². The Bertz CT molecular complexity index is 278. The van der Waals surface area contributed by atoms with Gasteiger partial charge in [0.25, 0.3) is 0 Å². The van der Waals surface area contributed by atoms with Crippen molar-refractivity contribution >= 4 is 0 Å². The number of hydrogen-bond donors (Lipinski definition) is 0. The molecule has 0 saturated carbocycles. The summed E-state index contributed by atoms with van der Waals surface area (Å²) in [5.41, 5.74) is 1.31. The predicted molar refractivity (Wildman–Crippen MR) is 65.4 cm³/mol. The highest BCUT2D eigenvalue weighted by Crippen LogP contribution is 2.18. The van der Waals surface area contributed by atoms with Crippen molar-refractivity contribution in [3.8, 4) is 5.75 Å². The van der Waals surface area contributed by atoms with Crippen LogP contribution in [0.3, 0.4) is 0 Å². The molecule has 0 atom stereocenters. The zero-order valence-electron chi connectivity index (χ0n) is 10.1. The van der Waals surface area contributed by atoms with Crippen LogP contribution in [0.5, 0.6) is 5.75 Å². The van der Waals surface area contributed by atoms with Gasteiger partial charge in [-0.3, -0.25) is 0 Å². The number of rotatable bonds is 6. The van der Waals surface area contributed by atoms with Gasteiger partial charge in [0.2, 0.25) is 0 Å². The van der Waals surface area contributed by atoms with Crippen LogP contribution in [0.25, 0.3) is 0 Å². The smallest absolute Gasteiger partial charge is 0.122 e. The third kappa shape index (κ3) is 4.37. The van der Waals surface area contributed by atoms with Crippen LogP contribution in [0.4, 0.5) is 0 Å². The quantitative estimate of drug-likeness (QED) is 0.638. The summed E-state index contributed by atoms with van der Waals surface area (Å²) in [6.07, 6.45) is 3.43. The van der Waals surface area contributed by atoms with Gasteiger partial charge in [-0.25, -0.2) is 0 Å². The van der Waals surface area contributed by atoms with Gasteiger partial charge in [0.1, 0.15) is 5.75 Å². The van der Waals surface area contributed by atoms with Crippen LogP contribution < -0.4 is 4.74 Å². The van der Waals surface area contributed by atoms with E-state index in [1.807, 2.05) is 6.07 Å². The van der Waals surface area contributed by atoms with E-state index in [9.17, 15) is 0 Å². The zero-order valence-corrected chi connectivity index (χ0v) is 10.1. The molecule has 0 saturated heterocycles. The van der Waals surface area contributed by atoms with Gasteiger partial charge in [-0.05, 0) is 36.8 Å². The topological polar surface area (TPSA) is 9.23 Å². The summed E-state index contributed by atoms with van der Waals surface area (Å²) in [5, 5.41) is 0. The minimum Gasteiger partial charge on any atom is -0.493 e. The van der Waals surface area contributed by atoms with Crippen LogP contribution in [-0.4, -0.2) is 6.61 Å². The molecule has 1 aromatic carbocycles. The van der Waals surface area contributed by atoms with E-state index in [0.29, 0.717) is 0 Å². The van der Waals surface area contributed by atoms with Gasteiger partial charge < -0.3 is 4.74 Å². The fourth-order valence-electron chi connectivity index (χ4n) is 1.61. The Labute approximate surface area is 93.5 Å². The lowest BCUT2D eigenvalue weighted by molar-refractivity contribution is 0.295. The average molecular weight is 206 g/mol. The van der Waals surface area contributed by atoms with Crippen LogP contribution in [-0.2, 0) is 6.42 Å². The summed E-state index contributed by atoms with van der Waals surface area (Å²) < 4.78 is 5.78. The van der Waals surface area contributed by atoms with Gasteiger partial charge >= 0.3 is 0 Å². The van der Waals surface area contributed by atoms with E-state index in [4.69, 9.17) is 4.74 Å². The van der Waals surface area contributed by atoms with Crippen molar-refractivity contribution in [1.82, 2.24) is 0 Å². The molecule has 15 heavy (non-hydrogen) atoms. The number of hydrogen-bond acceptors (Lipinski definition) is 1. The molecule has 0 aliphatic carbocycles. The summed E-state index contributed by atoms with van der Waals surface area (Å²) in [6.45, 7) is 7.51. The maximum atomic E-state index is 5.78. The van der Waals surface area contributed by atoms with E-state index >= 15 is 0 Å². The molecule has 1 rings (SSSR count). The molecule has 84 valence electrons. The van der Waals surface area contributed by atoms with Gasteiger partial charge in [-0.15, -0.1) is 0 Å². The minimum absolute atomic E-state index is 0.773. The Morgan fingerprint density at radius 2 is 1.93 bits per heavy atom. The van der Waals surface area contributed by atoms with Crippen LogP contribution >= 0.6 is 0 Å². The fraction of sp³-hybridized carbons (Fsp3) is 0.571. The average Bonchev–Trinajstić information content (AvgIpc) is 2.24. The Morgan fingerprint density at radius 3 is 2.60 bits per heavy atom. The van der Waals surface area contributed by atoms with Crippen molar-refractivity contribution in [2.75, 3.05) is 6.61 Å². The normalized spacial score (nSPS) is 10.7. The van der Waals surface area contributed by atoms with Gasteiger partial charge in [-0.1, -0.05) is 39.0 Å². The van der Waals surface area contributed by atoms with E-state index in [0.717, 1.165) is 31.1 Å². The first-order valence-corrected chi connectivity index (χ1v) is 5.94. The van der Waals surface area contributed by atoms with Gasteiger partial charge in [0, 0.05) is 0 Å². The Kier molecular flexibility index (Phi) is 5.23. The zero-order chi connectivity index (χ0) is 11.1. The second-order valence-corrected chi connectivity index (χ2v) is 4.35. The molecule has 0 aliphatic heterocycles. The lowest BCUT2D eigenvalue weighted by Crippen LogP contribution is -2.01. The number of para-hydroxylation sites is 1. The van der Waals surface area contributed by atoms with Gasteiger partial charge in [0.05, 0.1) is 6.61 Å². The van der Waals surface area contributed by atoms with Crippen molar-refractivity contribution < 1.29 is 4.74 Å². The second kappa shape index (κ2) is 6.49. The third-order valence-corrected chi connectivity index (χ3v) is 2.54. The molecule has 0 amide bonds. The maximum Gasteiger partial charge on any atom is 0.122 e. The molecule has 0 fully saturated rings. The second-order valence-electron chi connectivity index (χ2n) is 4.35. The Hall–Kier alpha value is -0.980. The summed E-state index contributed by atoms with van der Waals surface area (Å²) in [7, 11) is 0. The summed E-state index contributed by atoms with van der Waals surface area (Å²) in [6, 6.07) is 8.31. The summed E-state index contributed by atoms with van der Waals surface area (Å²) in [5.74, 6) is 1.83.